The number of halogens is 2. The van der Waals surface area contributed by atoms with Gasteiger partial charge < -0.3 is 5.32 Å². The minimum atomic E-state index is -0.506. The van der Waals surface area contributed by atoms with Gasteiger partial charge in [-0.3, -0.25) is 0 Å². The molecule has 112 valence electrons. The van der Waals surface area contributed by atoms with E-state index in [1.165, 1.54) is 31.0 Å². The van der Waals surface area contributed by atoms with E-state index in [9.17, 15) is 8.78 Å². The van der Waals surface area contributed by atoms with Crippen LogP contribution in [0.5, 0.6) is 0 Å². The highest BCUT2D eigenvalue weighted by molar-refractivity contribution is 5.45. The molecule has 0 unspecified atom stereocenters. The largest absolute Gasteiger partial charge is 0.380 e. The number of benzene rings is 1. The first-order valence-electron chi connectivity index (χ1n) is 7.56. The van der Waals surface area contributed by atoms with Crippen LogP contribution in [0, 0.1) is 28.9 Å². The van der Waals surface area contributed by atoms with E-state index in [4.69, 9.17) is 0 Å². The molecule has 1 aliphatic carbocycles. The number of hydrogen-bond donors (Lipinski definition) is 1. The van der Waals surface area contributed by atoms with Crippen molar-refractivity contribution in [3.05, 3.63) is 29.8 Å². The lowest BCUT2D eigenvalue weighted by atomic mass is 9.70. The summed E-state index contributed by atoms with van der Waals surface area (Å²) in [6.07, 6.45) is 4.72. The van der Waals surface area contributed by atoms with Gasteiger partial charge in [-0.15, -0.1) is 0 Å². The quantitative estimate of drug-likeness (QED) is 0.800. The van der Waals surface area contributed by atoms with Crippen LogP contribution in [0.25, 0.3) is 0 Å². The highest BCUT2D eigenvalue weighted by Gasteiger charge is 2.29. The summed E-state index contributed by atoms with van der Waals surface area (Å²) in [5, 5.41) is 2.95. The molecule has 1 N–H and O–H groups in total. The summed E-state index contributed by atoms with van der Waals surface area (Å²) >= 11 is 0. The SMILES string of the molecule is CC(C)(C)C1CCC(CNc2c(F)cccc2F)CC1. The average Bonchev–Trinajstić information content (AvgIpc) is 2.37. The highest BCUT2D eigenvalue weighted by atomic mass is 19.1. The first-order valence-corrected chi connectivity index (χ1v) is 7.56. The minimum Gasteiger partial charge on any atom is -0.380 e. The molecule has 2 rings (SSSR count). The fourth-order valence-corrected chi connectivity index (χ4v) is 3.15. The molecule has 1 fully saturated rings. The number of rotatable bonds is 3. The normalized spacial score (nSPS) is 23.6. The summed E-state index contributed by atoms with van der Waals surface area (Å²) in [7, 11) is 0. The fraction of sp³-hybridized carbons (Fsp3) is 0.647. The van der Waals surface area contributed by atoms with Crippen LogP contribution in [0.3, 0.4) is 0 Å². The third-order valence-electron chi connectivity index (χ3n) is 4.60. The van der Waals surface area contributed by atoms with Crippen LogP contribution in [0.15, 0.2) is 18.2 Å². The van der Waals surface area contributed by atoms with E-state index in [-0.39, 0.29) is 5.69 Å². The van der Waals surface area contributed by atoms with Crippen molar-refractivity contribution in [3.8, 4) is 0 Å². The van der Waals surface area contributed by atoms with Crippen molar-refractivity contribution < 1.29 is 8.78 Å². The third kappa shape index (κ3) is 3.71. The lowest BCUT2D eigenvalue weighted by molar-refractivity contribution is 0.153. The Morgan fingerprint density at radius 2 is 1.60 bits per heavy atom. The van der Waals surface area contributed by atoms with Crippen LogP contribution in [-0.4, -0.2) is 6.54 Å². The van der Waals surface area contributed by atoms with E-state index < -0.39 is 11.6 Å². The van der Waals surface area contributed by atoms with Crippen molar-refractivity contribution >= 4 is 5.69 Å². The lowest BCUT2D eigenvalue weighted by Gasteiger charge is -2.37. The van der Waals surface area contributed by atoms with E-state index in [1.807, 2.05) is 0 Å². The molecule has 0 atom stereocenters. The van der Waals surface area contributed by atoms with Gasteiger partial charge in [0.15, 0.2) is 0 Å². The Morgan fingerprint density at radius 3 is 2.10 bits per heavy atom. The van der Waals surface area contributed by atoms with Crippen molar-refractivity contribution in [2.24, 2.45) is 17.3 Å². The van der Waals surface area contributed by atoms with E-state index in [2.05, 4.69) is 26.1 Å². The maximum absolute atomic E-state index is 13.5. The van der Waals surface area contributed by atoms with Crippen LogP contribution in [-0.2, 0) is 0 Å². The molecular weight excluding hydrogens is 256 g/mol. The molecule has 1 saturated carbocycles. The Bertz CT molecular complexity index is 423. The first kappa shape index (κ1) is 15.3. The van der Waals surface area contributed by atoms with Crippen LogP contribution >= 0.6 is 0 Å². The molecule has 0 aliphatic heterocycles. The maximum Gasteiger partial charge on any atom is 0.149 e. The molecule has 0 heterocycles. The van der Waals surface area contributed by atoms with Crippen molar-refractivity contribution in [2.45, 2.75) is 46.5 Å². The topological polar surface area (TPSA) is 12.0 Å². The second-order valence-corrected chi connectivity index (χ2v) is 7.06. The summed E-state index contributed by atoms with van der Waals surface area (Å²) in [5.41, 5.74) is 0.390. The molecule has 1 aliphatic rings. The monoisotopic (exact) mass is 281 g/mol. The Hall–Kier alpha value is -1.12. The second kappa shape index (κ2) is 6.11. The Kier molecular flexibility index (Phi) is 4.66. The van der Waals surface area contributed by atoms with Gasteiger partial charge in [-0.2, -0.15) is 0 Å². The van der Waals surface area contributed by atoms with E-state index in [0.717, 1.165) is 18.8 Å². The summed E-state index contributed by atoms with van der Waals surface area (Å²) in [6.45, 7) is 7.55. The van der Waals surface area contributed by atoms with Crippen LogP contribution in [0.1, 0.15) is 46.5 Å². The molecule has 1 aromatic carbocycles. The summed E-state index contributed by atoms with van der Waals surface area (Å²) in [6, 6.07) is 3.98. The third-order valence-corrected chi connectivity index (χ3v) is 4.60. The van der Waals surface area contributed by atoms with Gasteiger partial charge in [0.05, 0.1) is 0 Å². The molecule has 0 spiro atoms. The van der Waals surface area contributed by atoms with Gasteiger partial charge in [-0.1, -0.05) is 26.8 Å². The van der Waals surface area contributed by atoms with Gasteiger partial charge in [0.25, 0.3) is 0 Å². The zero-order chi connectivity index (χ0) is 14.8. The molecule has 3 heteroatoms. The fourth-order valence-electron chi connectivity index (χ4n) is 3.15. The smallest absolute Gasteiger partial charge is 0.149 e. The van der Waals surface area contributed by atoms with Gasteiger partial charge in [0.2, 0.25) is 0 Å². The summed E-state index contributed by atoms with van der Waals surface area (Å²) in [5.74, 6) is 0.276. The zero-order valence-electron chi connectivity index (χ0n) is 12.7. The van der Waals surface area contributed by atoms with E-state index in [1.54, 1.807) is 0 Å². The number of nitrogens with one attached hydrogen (secondary N) is 1. The second-order valence-electron chi connectivity index (χ2n) is 7.06. The van der Waals surface area contributed by atoms with Crippen LogP contribution in [0.4, 0.5) is 14.5 Å². The van der Waals surface area contributed by atoms with Crippen LogP contribution < -0.4 is 5.32 Å². The van der Waals surface area contributed by atoms with Gasteiger partial charge in [0.1, 0.15) is 17.3 Å². The number of hydrogen-bond acceptors (Lipinski definition) is 1. The van der Waals surface area contributed by atoms with Gasteiger partial charge in [-0.05, 0) is 55.1 Å². The zero-order valence-corrected chi connectivity index (χ0v) is 12.7. The molecule has 0 bridgehead atoms. The molecule has 0 radical (unpaired) electrons. The molecule has 20 heavy (non-hydrogen) atoms. The molecule has 1 nitrogen and oxygen atoms in total. The summed E-state index contributed by atoms with van der Waals surface area (Å²) < 4.78 is 27.0. The predicted octanol–water partition coefficient (Wildman–Crippen LogP) is 5.23. The Balaban J connectivity index is 1.85. The minimum absolute atomic E-state index is 0.0189. The molecule has 0 amide bonds. The van der Waals surface area contributed by atoms with Gasteiger partial charge >= 0.3 is 0 Å². The van der Waals surface area contributed by atoms with Crippen molar-refractivity contribution in [3.63, 3.8) is 0 Å². The molecule has 0 saturated heterocycles. The Morgan fingerprint density at radius 1 is 1.05 bits per heavy atom. The predicted molar refractivity (Wildman–Crippen MR) is 79.8 cm³/mol. The van der Waals surface area contributed by atoms with E-state index >= 15 is 0 Å². The number of para-hydroxylation sites is 1. The van der Waals surface area contributed by atoms with E-state index in [0.29, 0.717) is 17.9 Å². The highest BCUT2D eigenvalue weighted by Crippen LogP contribution is 2.39. The first-order chi connectivity index (χ1) is 9.38. The molecular formula is C17H25F2N. The molecule has 1 aromatic rings. The molecule has 0 aromatic heterocycles. The van der Waals surface area contributed by atoms with Crippen molar-refractivity contribution in [1.82, 2.24) is 0 Å². The standard InChI is InChI=1S/C17H25F2N/c1-17(2,3)13-9-7-12(8-10-13)11-20-16-14(18)5-4-6-15(16)19/h4-6,12-13,20H,7-11H2,1-3H3. The van der Waals surface area contributed by atoms with Crippen molar-refractivity contribution in [1.29, 1.82) is 0 Å². The van der Waals surface area contributed by atoms with Gasteiger partial charge in [0, 0.05) is 6.54 Å². The van der Waals surface area contributed by atoms with Crippen molar-refractivity contribution in [2.75, 3.05) is 11.9 Å². The lowest BCUT2D eigenvalue weighted by Crippen LogP contribution is -2.28. The van der Waals surface area contributed by atoms with Crippen LogP contribution in [0.2, 0.25) is 0 Å². The van der Waals surface area contributed by atoms with Gasteiger partial charge in [-0.25, -0.2) is 8.78 Å². The average molecular weight is 281 g/mol. The maximum atomic E-state index is 13.5. The number of anilines is 1. The Labute approximate surface area is 120 Å². The summed E-state index contributed by atoms with van der Waals surface area (Å²) in [4.78, 5) is 0.